The summed E-state index contributed by atoms with van der Waals surface area (Å²) < 4.78 is 7.54. The molecule has 0 bridgehead atoms. The Morgan fingerprint density at radius 1 is 1.03 bits per heavy atom. The lowest BCUT2D eigenvalue weighted by Crippen LogP contribution is -2.29. The molecule has 34 heavy (non-hydrogen) atoms. The number of hydrogen-bond donors (Lipinski definition) is 2. The van der Waals surface area contributed by atoms with Gasteiger partial charge < -0.3 is 14.8 Å². The SMILES string of the molecule is COc1ccc2c(c1)C(c1ccc(SCc3cccc(B(O)O)c3)cc1)=NCc1nnc(C)n1-2. The largest absolute Gasteiger partial charge is 0.497 e. The Morgan fingerprint density at radius 3 is 2.62 bits per heavy atom. The number of aliphatic imine (C=N–C) groups is 1. The van der Waals surface area contributed by atoms with Crippen molar-refractivity contribution in [2.45, 2.75) is 24.1 Å². The summed E-state index contributed by atoms with van der Waals surface area (Å²) in [6, 6.07) is 21.7. The second-order valence-electron chi connectivity index (χ2n) is 7.98. The monoisotopic (exact) mass is 470 g/mol. The van der Waals surface area contributed by atoms with Crippen LogP contribution < -0.4 is 10.2 Å². The van der Waals surface area contributed by atoms with Crippen LogP contribution in [0.4, 0.5) is 0 Å². The van der Waals surface area contributed by atoms with Gasteiger partial charge in [-0.3, -0.25) is 9.56 Å². The highest BCUT2D eigenvalue weighted by atomic mass is 32.2. The van der Waals surface area contributed by atoms with Crippen molar-refractivity contribution < 1.29 is 14.8 Å². The fourth-order valence-corrected chi connectivity index (χ4v) is 4.89. The smallest absolute Gasteiger partial charge is 0.488 e. The molecule has 0 atom stereocenters. The Balaban J connectivity index is 1.42. The van der Waals surface area contributed by atoms with Crippen molar-refractivity contribution in [2.75, 3.05) is 7.11 Å². The lowest BCUT2D eigenvalue weighted by molar-refractivity contribution is 0.414. The van der Waals surface area contributed by atoms with Crippen LogP contribution in [0.1, 0.15) is 28.3 Å². The molecule has 0 amide bonds. The maximum Gasteiger partial charge on any atom is 0.488 e. The number of rotatable bonds is 6. The molecule has 0 unspecified atom stereocenters. The molecule has 0 spiro atoms. The minimum atomic E-state index is -1.46. The Kier molecular flexibility index (Phi) is 6.23. The maximum atomic E-state index is 9.39. The molecule has 9 heteroatoms. The number of fused-ring (bicyclic) bond motifs is 3. The summed E-state index contributed by atoms with van der Waals surface area (Å²) >= 11 is 1.69. The molecule has 0 fully saturated rings. The van der Waals surface area contributed by atoms with Gasteiger partial charge in [0.05, 0.1) is 18.5 Å². The van der Waals surface area contributed by atoms with E-state index in [1.54, 1.807) is 24.9 Å². The van der Waals surface area contributed by atoms with E-state index in [1.165, 1.54) is 0 Å². The van der Waals surface area contributed by atoms with Gasteiger partial charge in [-0.1, -0.05) is 36.4 Å². The highest BCUT2D eigenvalue weighted by Gasteiger charge is 2.22. The van der Waals surface area contributed by atoms with Gasteiger partial charge in [0.25, 0.3) is 0 Å². The third-order valence-electron chi connectivity index (χ3n) is 5.75. The van der Waals surface area contributed by atoms with Gasteiger partial charge >= 0.3 is 7.12 Å². The summed E-state index contributed by atoms with van der Waals surface area (Å²) in [4.78, 5) is 6.02. The molecule has 0 saturated carbocycles. The highest BCUT2D eigenvalue weighted by Crippen LogP contribution is 2.30. The van der Waals surface area contributed by atoms with Crippen molar-refractivity contribution in [3.05, 3.63) is 95.1 Å². The maximum absolute atomic E-state index is 9.39. The van der Waals surface area contributed by atoms with Gasteiger partial charge in [0.2, 0.25) is 0 Å². The molecular weight excluding hydrogens is 447 g/mol. The molecule has 0 saturated heterocycles. The first-order valence-corrected chi connectivity index (χ1v) is 11.8. The van der Waals surface area contributed by atoms with E-state index in [0.717, 1.165) is 56.1 Å². The Hall–Kier alpha value is -3.40. The Bertz CT molecular complexity index is 1370. The van der Waals surface area contributed by atoms with Crippen molar-refractivity contribution in [2.24, 2.45) is 4.99 Å². The van der Waals surface area contributed by atoms with Gasteiger partial charge in [-0.05, 0) is 48.3 Å². The number of ether oxygens (including phenoxy) is 1. The molecule has 0 aliphatic carbocycles. The summed E-state index contributed by atoms with van der Waals surface area (Å²) in [6.45, 7) is 2.38. The number of benzene rings is 3. The molecule has 7 nitrogen and oxygen atoms in total. The third-order valence-corrected chi connectivity index (χ3v) is 6.84. The molecule has 5 rings (SSSR count). The number of aromatic nitrogens is 3. The van der Waals surface area contributed by atoms with Crippen LogP contribution in [0.2, 0.25) is 0 Å². The summed E-state index contributed by atoms with van der Waals surface area (Å²) in [5.74, 6) is 3.13. The zero-order chi connectivity index (χ0) is 23.7. The minimum Gasteiger partial charge on any atom is -0.497 e. The van der Waals surface area contributed by atoms with Crippen molar-refractivity contribution in [3.8, 4) is 11.4 Å². The fourth-order valence-electron chi connectivity index (χ4n) is 4.05. The lowest BCUT2D eigenvalue weighted by Gasteiger charge is -2.14. The van der Waals surface area contributed by atoms with Crippen LogP contribution in [0.15, 0.2) is 76.6 Å². The summed E-state index contributed by atoms with van der Waals surface area (Å²) in [5, 5.41) is 27.3. The van der Waals surface area contributed by atoms with E-state index in [0.29, 0.717) is 12.0 Å². The van der Waals surface area contributed by atoms with E-state index in [2.05, 4.69) is 34.5 Å². The van der Waals surface area contributed by atoms with Crippen LogP contribution in [0.5, 0.6) is 5.75 Å². The number of aryl methyl sites for hydroxylation is 1. The van der Waals surface area contributed by atoms with Gasteiger partial charge in [0.15, 0.2) is 5.82 Å². The van der Waals surface area contributed by atoms with Gasteiger partial charge in [-0.2, -0.15) is 0 Å². The summed E-state index contributed by atoms with van der Waals surface area (Å²) in [6.07, 6.45) is 0. The topological polar surface area (TPSA) is 92.8 Å². The van der Waals surface area contributed by atoms with Crippen molar-refractivity contribution in [3.63, 3.8) is 0 Å². The summed E-state index contributed by atoms with van der Waals surface area (Å²) in [5.41, 5.74) is 5.40. The second-order valence-corrected chi connectivity index (χ2v) is 9.03. The van der Waals surface area contributed by atoms with Gasteiger partial charge in [-0.15, -0.1) is 22.0 Å². The first kappa shape index (κ1) is 22.4. The Labute approximate surface area is 202 Å². The molecule has 2 heterocycles. The predicted molar refractivity (Wildman–Crippen MR) is 134 cm³/mol. The van der Waals surface area contributed by atoms with Crippen molar-refractivity contribution in [1.29, 1.82) is 0 Å². The third kappa shape index (κ3) is 4.37. The Morgan fingerprint density at radius 2 is 1.85 bits per heavy atom. The van der Waals surface area contributed by atoms with Crippen LogP contribution >= 0.6 is 11.8 Å². The molecule has 4 aromatic rings. The number of thioether (sulfide) groups is 1. The van der Waals surface area contributed by atoms with E-state index >= 15 is 0 Å². The minimum absolute atomic E-state index is 0.441. The molecule has 2 N–H and O–H groups in total. The molecule has 1 aliphatic rings. The van der Waals surface area contributed by atoms with Crippen LogP contribution in [-0.4, -0.2) is 44.8 Å². The van der Waals surface area contributed by atoms with Gasteiger partial charge in [-0.25, -0.2) is 0 Å². The molecule has 170 valence electrons. The highest BCUT2D eigenvalue weighted by molar-refractivity contribution is 7.98. The number of nitrogens with zero attached hydrogens (tertiary/aromatic N) is 4. The van der Waals surface area contributed by atoms with Gasteiger partial charge in [0, 0.05) is 21.8 Å². The van der Waals surface area contributed by atoms with Crippen LogP contribution in [-0.2, 0) is 12.3 Å². The zero-order valence-corrected chi connectivity index (χ0v) is 19.7. The quantitative estimate of drug-likeness (QED) is 0.333. The van der Waals surface area contributed by atoms with E-state index in [9.17, 15) is 10.0 Å². The predicted octanol–water partition coefficient (Wildman–Crippen LogP) is 2.91. The second kappa shape index (κ2) is 9.46. The van der Waals surface area contributed by atoms with Crippen LogP contribution in [0.25, 0.3) is 5.69 Å². The summed E-state index contributed by atoms with van der Waals surface area (Å²) in [7, 11) is 0.205. The normalized spacial score (nSPS) is 12.4. The average molecular weight is 470 g/mol. The van der Waals surface area contributed by atoms with E-state index in [4.69, 9.17) is 9.73 Å². The van der Waals surface area contributed by atoms with E-state index in [-0.39, 0.29) is 0 Å². The number of hydrogen-bond acceptors (Lipinski definition) is 7. The molecule has 1 aromatic heterocycles. The lowest BCUT2D eigenvalue weighted by atomic mass is 9.80. The molecule has 3 aromatic carbocycles. The molecule has 0 radical (unpaired) electrons. The van der Waals surface area contributed by atoms with E-state index < -0.39 is 7.12 Å². The molecular formula is C25H23BN4O3S. The average Bonchev–Trinajstić information content (AvgIpc) is 3.14. The molecule has 1 aliphatic heterocycles. The van der Waals surface area contributed by atoms with E-state index in [1.807, 2.05) is 47.9 Å². The standard InChI is InChI=1S/C25H23BN4O3S/c1-16-28-29-24-14-27-25(22-13-20(33-2)8-11-23(22)30(16)24)18-6-9-21(10-7-18)34-15-17-4-3-5-19(12-17)26(31)32/h3-13,31-32H,14-15H2,1-2H3. The first-order chi connectivity index (χ1) is 16.5. The van der Waals surface area contributed by atoms with Crippen LogP contribution in [0, 0.1) is 6.92 Å². The van der Waals surface area contributed by atoms with Gasteiger partial charge in [0.1, 0.15) is 18.1 Å². The first-order valence-electron chi connectivity index (χ1n) is 10.9. The number of methoxy groups -OCH3 is 1. The van der Waals surface area contributed by atoms with Crippen molar-refractivity contribution in [1.82, 2.24) is 14.8 Å². The fraction of sp³-hybridized carbons (Fsp3) is 0.160. The van der Waals surface area contributed by atoms with Crippen molar-refractivity contribution >= 4 is 30.1 Å². The van der Waals surface area contributed by atoms with Crippen LogP contribution in [0.3, 0.4) is 0 Å². The zero-order valence-electron chi connectivity index (χ0n) is 18.8.